The number of amides is 3. The van der Waals surface area contributed by atoms with Gasteiger partial charge in [0.05, 0.1) is 328 Å². The molecule has 0 aliphatic carbocycles. The summed E-state index contributed by atoms with van der Waals surface area (Å²) in [6.45, 7) is 32.4. The summed E-state index contributed by atoms with van der Waals surface area (Å²) in [5, 5.41) is 3.91. The quantitative estimate of drug-likeness (QED) is 0.0299. The number of rotatable bonds is 89. The third kappa shape index (κ3) is 50.7. The lowest BCUT2D eigenvalue weighted by Gasteiger charge is -2.44. The van der Waals surface area contributed by atoms with Crippen molar-refractivity contribution in [3.8, 4) is 11.5 Å². The van der Waals surface area contributed by atoms with E-state index in [4.69, 9.17) is 123 Å². The first kappa shape index (κ1) is 117. The number of halogens is 3. The molecule has 0 saturated carbocycles. The number of hydrogen-bond donors (Lipinski definition) is 2. The van der Waals surface area contributed by atoms with E-state index in [0.717, 1.165) is 12.0 Å². The maximum absolute atomic E-state index is 15.9. The van der Waals surface area contributed by atoms with Crippen molar-refractivity contribution in [1.29, 1.82) is 0 Å². The lowest BCUT2D eigenvalue weighted by atomic mass is 9.84. The Hall–Kier alpha value is -5.99. The van der Waals surface area contributed by atoms with Gasteiger partial charge in [0, 0.05) is 99.8 Å². The molecule has 0 unspecified atom stereocenters. The Morgan fingerprint density at radius 3 is 1.16 bits per heavy atom. The maximum atomic E-state index is 15.9. The number of alkyl halides is 3. The van der Waals surface area contributed by atoms with Crippen LogP contribution in [0.1, 0.15) is 128 Å². The summed E-state index contributed by atoms with van der Waals surface area (Å²) >= 11 is 0. The lowest BCUT2D eigenvalue weighted by Crippen LogP contribution is -2.50. The summed E-state index contributed by atoms with van der Waals surface area (Å²) in [7, 11) is -3.01. The fourth-order valence-electron chi connectivity index (χ4n) is 14.3. The molecule has 0 radical (unpaired) electrons. The van der Waals surface area contributed by atoms with Crippen LogP contribution in [-0.2, 0) is 148 Å². The number of fused-ring (bicyclic) bond motifs is 4. The molecule has 3 amide bonds. The van der Waals surface area contributed by atoms with Gasteiger partial charge in [-0.25, -0.2) is 9.37 Å². The normalized spacial score (nSPS) is 14.6. The molecule has 2 N–H and O–H groups in total. The molecule has 2 aromatic carbocycles. The average Bonchev–Trinajstić information content (AvgIpc) is 0.777. The Balaban J connectivity index is 0.651. The van der Waals surface area contributed by atoms with Gasteiger partial charge in [0.1, 0.15) is 23.8 Å². The summed E-state index contributed by atoms with van der Waals surface area (Å²) in [5.74, 6) is -2.89. The van der Waals surface area contributed by atoms with Crippen LogP contribution in [-0.4, -0.2) is 402 Å². The van der Waals surface area contributed by atoms with Crippen LogP contribution in [0.4, 0.5) is 18.9 Å². The smallest absolute Gasteiger partial charge is 0.417 e. The molecule has 1 saturated heterocycles. The Labute approximate surface area is 788 Å². The fraction of sp³-hybridized carbons (Fsp3) is 0.774. The second kappa shape index (κ2) is 71.4. The SMILES string of the molecule is CCCC1=CC(C)(C)[N+](CCCCCC(=O)ON2C(=O)CCC2=O)=c2cc3c(cc21)=C(C(F)(F)F)c1cc2c(cc1O3)N(CCCCCC(=O)NCCOCCOCCOCCOCCOCCOCCOCCOCCOCCOCCOCCOCCOCCOCCOCCOCCOCCOCCOCCOCCOCCOCCOCCOC)C(C)(C)C=C2CS(=O)(=O)O. The van der Waals surface area contributed by atoms with Crippen molar-refractivity contribution in [2.75, 3.05) is 348 Å². The van der Waals surface area contributed by atoms with Crippen molar-refractivity contribution >= 4 is 56.2 Å². The molecule has 4 heterocycles. The molecule has 41 heteroatoms. The van der Waals surface area contributed by atoms with Gasteiger partial charge in [0.25, 0.3) is 21.9 Å². The monoisotopic (exact) mass is 1940 g/mol. The maximum Gasteiger partial charge on any atom is 0.417 e. The highest BCUT2D eigenvalue weighted by atomic mass is 32.2. The number of ether oxygens (including phenoxy) is 25. The first-order valence-electron chi connectivity index (χ1n) is 47.1. The van der Waals surface area contributed by atoms with E-state index in [1.54, 1.807) is 19.3 Å². The van der Waals surface area contributed by atoms with Gasteiger partial charge in [-0.05, 0) is 75.3 Å². The second-order valence-corrected chi connectivity index (χ2v) is 33.7. The minimum absolute atomic E-state index is 0.0119. The minimum atomic E-state index is -4.91. The van der Waals surface area contributed by atoms with Crippen LogP contribution in [0.5, 0.6) is 11.5 Å². The van der Waals surface area contributed by atoms with Gasteiger partial charge >= 0.3 is 12.1 Å². The summed E-state index contributed by atoms with van der Waals surface area (Å²) in [6.07, 6.45) is 3.61. The van der Waals surface area contributed by atoms with E-state index in [2.05, 4.69) is 16.0 Å². The minimum Gasteiger partial charge on any atom is -0.456 e. The number of imide groups is 1. The Morgan fingerprint density at radius 2 is 0.799 bits per heavy atom. The average molecular weight is 1940 g/mol. The number of carbonyl (C=O) groups is 4. The van der Waals surface area contributed by atoms with Crippen LogP contribution in [0.3, 0.4) is 0 Å². The number of allylic oxidation sites excluding steroid dienone is 1. The highest BCUT2D eigenvalue weighted by Gasteiger charge is 2.44. The highest BCUT2D eigenvalue weighted by molar-refractivity contribution is 7.86. The molecule has 37 nitrogen and oxygen atoms in total. The van der Waals surface area contributed by atoms with Crippen LogP contribution in [0.25, 0.3) is 16.7 Å². The first-order chi connectivity index (χ1) is 65.0. The number of nitrogens with one attached hydrogen (secondary N) is 1. The number of unbranched alkanes of at least 4 members (excludes halogenated alkanes) is 4. The number of benzene rings is 2. The molecule has 6 rings (SSSR count). The van der Waals surface area contributed by atoms with Crippen LogP contribution in [0.2, 0.25) is 0 Å². The summed E-state index contributed by atoms with van der Waals surface area (Å²) in [5.41, 5.74) is -0.442. The van der Waals surface area contributed by atoms with Gasteiger partial charge in [-0.1, -0.05) is 25.8 Å². The standard InChI is InChI=1S/C93H151F3N4O33S/c1-7-14-76-73-91(2,3)98(21-13-9-11-16-89(104)133-100-87(102)17-18-88(100)103)82-71-84-80(69-78(76)82)90(93(94,95)96)81-70-79-77(75-134(105,106)107)74-92(4,5)99(83(79)72-85(81)132-84)20-12-8-10-15-86(101)97-19-22-109-25-26-111-29-30-113-33-34-115-37-38-117-41-42-119-45-46-121-49-50-123-53-54-125-57-58-127-61-62-129-65-66-131-68-67-130-64-63-128-60-59-126-56-55-124-52-51-122-48-47-120-44-43-118-40-39-116-36-35-114-32-31-112-28-27-110-24-23-108-6/h69-74H,7-68,75H2,1-6H3,(H-,97,101,105,106,107)/p+1. The number of carbonyl (C=O) groups excluding carboxylic acids is 4. The molecule has 1 fully saturated rings. The number of hydrogen-bond acceptors (Lipinski definition) is 33. The van der Waals surface area contributed by atoms with Gasteiger partial charge in [0.15, 0.2) is 5.54 Å². The van der Waals surface area contributed by atoms with Crippen molar-refractivity contribution < 1.29 is 169 Å². The Kier molecular flexibility index (Phi) is 62.2. The van der Waals surface area contributed by atoms with Crippen molar-refractivity contribution in [3.63, 3.8) is 0 Å². The molecular formula is C93H152F3N4O33S+. The molecule has 4 aliphatic rings. The second-order valence-electron chi connectivity index (χ2n) is 32.2. The van der Waals surface area contributed by atoms with E-state index in [9.17, 15) is 32.1 Å². The van der Waals surface area contributed by atoms with Crippen molar-refractivity contribution in [2.24, 2.45) is 0 Å². The van der Waals surface area contributed by atoms with E-state index in [-0.39, 0.29) is 71.6 Å². The Morgan fingerprint density at radius 1 is 0.440 bits per heavy atom. The summed E-state index contributed by atoms with van der Waals surface area (Å²) < 4.78 is 224. The molecule has 0 bridgehead atoms. The molecular weight excluding hydrogens is 1790 g/mol. The van der Waals surface area contributed by atoms with E-state index in [0.29, 0.717) is 390 Å². The van der Waals surface area contributed by atoms with Crippen molar-refractivity contribution in [2.45, 2.75) is 129 Å². The molecule has 0 atom stereocenters. The summed E-state index contributed by atoms with van der Waals surface area (Å²) in [6, 6.07) is 6.05. The van der Waals surface area contributed by atoms with Crippen LogP contribution in [0.15, 0.2) is 36.4 Å². The number of anilines is 1. The molecule has 0 aromatic heterocycles. The van der Waals surface area contributed by atoms with Crippen LogP contribution in [0, 0.1) is 0 Å². The topological polar surface area (TPSA) is 384 Å². The van der Waals surface area contributed by atoms with Gasteiger partial charge < -0.3 is 133 Å². The highest BCUT2D eigenvalue weighted by Crippen LogP contribution is 2.49. The van der Waals surface area contributed by atoms with Crippen LogP contribution >= 0.6 is 0 Å². The molecule has 134 heavy (non-hydrogen) atoms. The van der Waals surface area contributed by atoms with Gasteiger partial charge in [-0.3, -0.25) is 18.9 Å². The van der Waals surface area contributed by atoms with Crippen LogP contribution < -0.4 is 30.1 Å². The molecule has 4 aliphatic heterocycles. The lowest BCUT2D eigenvalue weighted by molar-refractivity contribution is -0.197. The Bertz CT molecular complexity index is 3850. The summed E-state index contributed by atoms with van der Waals surface area (Å²) in [4.78, 5) is 56.4. The van der Waals surface area contributed by atoms with Gasteiger partial charge in [-0.15, -0.1) is 5.06 Å². The fourth-order valence-corrected chi connectivity index (χ4v) is 14.9. The number of hydroxylamine groups is 2. The first-order valence-corrected chi connectivity index (χ1v) is 48.7. The third-order valence-electron chi connectivity index (χ3n) is 20.7. The molecule has 2 aromatic rings. The van der Waals surface area contributed by atoms with E-state index < -0.39 is 56.5 Å². The zero-order valence-electron chi connectivity index (χ0n) is 79.9. The largest absolute Gasteiger partial charge is 0.456 e. The van der Waals surface area contributed by atoms with E-state index >= 15 is 13.2 Å². The zero-order valence-corrected chi connectivity index (χ0v) is 80.7. The molecule has 0 spiro atoms. The van der Waals surface area contributed by atoms with Crippen molar-refractivity contribution in [3.05, 3.63) is 63.7 Å². The van der Waals surface area contributed by atoms with Gasteiger partial charge in [0.2, 0.25) is 11.3 Å². The molecule has 768 valence electrons. The third-order valence-corrected chi connectivity index (χ3v) is 21.4. The predicted molar refractivity (Wildman–Crippen MR) is 487 cm³/mol. The number of nitrogens with zero attached hydrogens (tertiary/aromatic N) is 3. The zero-order chi connectivity index (χ0) is 96.3. The van der Waals surface area contributed by atoms with E-state index in [1.165, 1.54) is 18.2 Å². The van der Waals surface area contributed by atoms with Crippen molar-refractivity contribution in [1.82, 2.24) is 15.0 Å². The van der Waals surface area contributed by atoms with E-state index in [1.807, 2.05) is 39.5 Å². The number of methoxy groups -OCH3 is 1. The van der Waals surface area contributed by atoms with Gasteiger partial charge in [-0.2, -0.15) is 21.6 Å². The predicted octanol–water partition coefficient (Wildman–Crippen LogP) is 6.76.